The topological polar surface area (TPSA) is 12.0 Å². The van der Waals surface area contributed by atoms with E-state index in [1.807, 2.05) is 6.07 Å². The molecule has 2 aromatic carbocycles. The van der Waals surface area contributed by atoms with Crippen LogP contribution in [0, 0.1) is 6.92 Å². The number of hydrogen-bond acceptors (Lipinski definition) is 1. The highest BCUT2D eigenvalue weighted by Gasteiger charge is 2.12. The Kier molecular flexibility index (Phi) is 4.78. The van der Waals surface area contributed by atoms with Gasteiger partial charge >= 0.3 is 0 Å². The number of nitrogens with one attached hydrogen (secondary N) is 1. The molecule has 0 amide bonds. The summed E-state index contributed by atoms with van der Waals surface area (Å²) in [5, 5.41) is 3.64. The van der Waals surface area contributed by atoms with Crippen molar-refractivity contribution in [3.63, 3.8) is 0 Å². The van der Waals surface area contributed by atoms with Crippen LogP contribution in [0.3, 0.4) is 0 Å². The Labute approximate surface area is 124 Å². The molecule has 2 atom stereocenters. The Morgan fingerprint density at radius 1 is 0.895 bits per heavy atom. The van der Waals surface area contributed by atoms with E-state index in [1.165, 1.54) is 16.7 Å². The quantitative estimate of drug-likeness (QED) is 0.820. The molecule has 0 fully saturated rings. The molecule has 0 aliphatic rings. The lowest BCUT2D eigenvalue weighted by molar-refractivity contribution is 0.493. The van der Waals surface area contributed by atoms with Gasteiger partial charge in [0, 0.05) is 16.6 Å². The molecule has 1 N–H and O–H groups in total. The fourth-order valence-electron chi connectivity index (χ4n) is 2.24. The molecular formula is C17H20BrN. The highest BCUT2D eigenvalue weighted by Crippen LogP contribution is 2.25. The molecule has 0 saturated heterocycles. The van der Waals surface area contributed by atoms with Crippen molar-refractivity contribution in [2.75, 3.05) is 0 Å². The molecule has 100 valence electrons. The van der Waals surface area contributed by atoms with Gasteiger partial charge in [0.1, 0.15) is 0 Å². The number of aryl methyl sites for hydroxylation is 1. The summed E-state index contributed by atoms with van der Waals surface area (Å²) in [6.07, 6.45) is 0. The van der Waals surface area contributed by atoms with Crippen LogP contribution in [-0.4, -0.2) is 0 Å². The standard InChI is InChI=1S/C17H20BrN/c1-12-8-10-15(11-9-12)13(2)19-14(3)16-6-4-5-7-17(16)18/h4-11,13-14,19H,1-3H3/t13-,14?/m0/s1. The minimum Gasteiger partial charge on any atom is -0.304 e. The number of halogens is 1. The average molecular weight is 318 g/mol. The predicted molar refractivity (Wildman–Crippen MR) is 85.3 cm³/mol. The van der Waals surface area contributed by atoms with Gasteiger partial charge in [0.15, 0.2) is 0 Å². The number of rotatable bonds is 4. The summed E-state index contributed by atoms with van der Waals surface area (Å²) in [4.78, 5) is 0. The Morgan fingerprint density at radius 2 is 1.53 bits per heavy atom. The lowest BCUT2D eigenvalue weighted by Crippen LogP contribution is -2.22. The van der Waals surface area contributed by atoms with Crippen molar-refractivity contribution in [2.24, 2.45) is 0 Å². The van der Waals surface area contributed by atoms with E-state index in [1.54, 1.807) is 0 Å². The molecule has 0 radical (unpaired) electrons. The molecule has 0 bridgehead atoms. The van der Waals surface area contributed by atoms with E-state index in [0.29, 0.717) is 12.1 Å². The SMILES string of the molecule is Cc1ccc([C@H](C)NC(C)c2ccccc2Br)cc1. The Hall–Kier alpha value is -1.12. The third-order valence-corrected chi connectivity index (χ3v) is 4.17. The average Bonchev–Trinajstić information content (AvgIpc) is 2.39. The molecule has 1 unspecified atom stereocenters. The van der Waals surface area contributed by atoms with Crippen molar-refractivity contribution in [3.8, 4) is 0 Å². The molecule has 2 heteroatoms. The van der Waals surface area contributed by atoms with Gasteiger partial charge in [0.25, 0.3) is 0 Å². The van der Waals surface area contributed by atoms with E-state index in [2.05, 4.69) is 84.5 Å². The third kappa shape index (κ3) is 3.68. The molecule has 2 aromatic rings. The van der Waals surface area contributed by atoms with Crippen LogP contribution in [0.2, 0.25) is 0 Å². The molecule has 0 aromatic heterocycles. The minimum atomic E-state index is 0.312. The van der Waals surface area contributed by atoms with Crippen molar-refractivity contribution >= 4 is 15.9 Å². The van der Waals surface area contributed by atoms with Crippen LogP contribution in [0.1, 0.15) is 42.6 Å². The second kappa shape index (κ2) is 6.36. The summed E-state index contributed by atoms with van der Waals surface area (Å²) in [6, 6.07) is 17.7. The molecule has 0 heterocycles. The zero-order valence-corrected chi connectivity index (χ0v) is 13.2. The van der Waals surface area contributed by atoms with Gasteiger partial charge < -0.3 is 5.32 Å². The first-order valence-electron chi connectivity index (χ1n) is 6.65. The first-order chi connectivity index (χ1) is 9.08. The van der Waals surface area contributed by atoms with E-state index >= 15 is 0 Å². The fourth-order valence-corrected chi connectivity index (χ4v) is 2.87. The van der Waals surface area contributed by atoms with Gasteiger partial charge in [-0.05, 0) is 38.0 Å². The van der Waals surface area contributed by atoms with E-state index in [-0.39, 0.29) is 0 Å². The van der Waals surface area contributed by atoms with Crippen LogP contribution in [0.25, 0.3) is 0 Å². The van der Waals surface area contributed by atoms with E-state index in [9.17, 15) is 0 Å². The summed E-state index contributed by atoms with van der Waals surface area (Å²) in [5.74, 6) is 0. The van der Waals surface area contributed by atoms with Gasteiger partial charge in [-0.1, -0.05) is 64.0 Å². The van der Waals surface area contributed by atoms with Crippen molar-refractivity contribution in [3.05, 3.63) is 69.7 Å². The summed E-state index contributed by atoms with van der Waals surface area (Å²) in [5.41, 5.74) is 3.92. The summed E-state index contributed by atoms with van der Waals surface area (Å²) >= 11 is 3.61. The van der Waals surface area contributed by atoms with Crippen molar-refractivity contribution in [2.45, 2.75) is 32.9 Å². The maximum atomic E-state index is 3.64. The molecule has 2 rings (SSSR count). The third-order valence-electron chi connectivity index (χ3n) is 3.45. The Morgan fingerprint density at radius 3 is 2.16 bits per heavy atom. The maximum Gasteiger partial charge on any atom is 0.0308 e. The number of benzene rings is 2. The zero-order valence-electron chi connectivity index (χ0n) is 11.7. The van der Waals surface area contributed by atoms with E-state index < -0.39 is 0 Å². The summed E-state index contributed by atoms with van der Waals surface area (Å²) < 4.78 is 1.16. The molecule has 0 aliphatic carbocycles. The van der Waals surface area contributed by atoms with Gasteiger partial charge in [-0.3, -0.25) is 0 Å². The molecule has 0 aliphatic heterocycles. The van der Waals surface area contributed by atoms with Gasteiger partial charge in [0.05, 0.1) is 0 Å². The van der Waals surface area contributed by atoms with Crippen LogP contribution in [0.15, 0.2) is 53.0 Å². The van der Waals surface area contributed by atoms with Crippen LogP contribution < -0.4 is 5.32 Å². The highest BCUT2D eigenvalue weighted by atomic mass is 79.9. The van der Waals surface area contributed by atoms with Crippen LogP contribution in [0.5, 0.6) is 0 Å². The van der Waals surface area contributed by atoms with Gasteiger partial charge in [-0.25, -0.2) is 0 Å². The van der Waals surface area contributed by atoms with Crippen molar-refractivity contribution < 1.29 is 0 Å². The molecular weight excluding hydrogens is 298 g/mol. The Balaban J connectivity index is 2.08. The van der Waals surface area contributed by atoms with E-state index in [4.69, 9.17) is 0 Å². The summed E-state index contributed by atoms with van der Waals surface area (Å²) in [6.45, 7) is 6.52. The largest absolute Gasteiger partial charge is 0.304 e. The van der Waals surface area contributed by atoms with Crippen molar-refractivity contribution in [1.29, 1.82) is 0 Å². The lowest BCUT2D eigenvalue weighted by atomic mass is 10.0. The van der Waals surface area contributed by atoms with Gasteiger partial charge in [-0.2, -0.15) is 0 Å². The van der Waals surface area contributed by atoms with Crippen LogP contribution in [-0.2, 0) is 0 Å². The second-order valence-electron chi connectivity index (χ2n) is 5.04. The molecule has 1 nitrogen and oxygen atoms in total. The maximum absolute atomic E-state index is 3.64. The van der Waals surface area contributed by atoms with Gasteiger partial charge in [0.2, 0.25) is 0 Å². The number of hydrogen-bond donors (Lipinski definition) is 1. The molecule has 0 saturated carbocycles. The van der Waals surface area contributed by atoms with Crippen LogP contribution in [0.4, 0.5) is 0 Å². The first kappa shape index (κ1) is 14.3. The fraction of sp³-hybridized carbons (Fsp3) is 0.294. The highest BCUT2D eigenvalue weighted by molar-refractivity contribution is 9.10. The smallest absolute Gasteiger partial charge is 0.0308 e. The first-order valence-corrected chi connectivity index (χ1v) is 7.44. The van der Waals surface area contributed by atoms with Crippen LogP contribution >= 0.6 is 15.9 Å². The summed E-state index contributed by atoms with van der Waals surface area (Å²) in [7, 11) is 0. The second-order valence-corrected chi connectivity index (χ2v) is 5.90. The van der Waals surface area contributed by atoms with E-state index in [0.717, 1.165) is 4.47 Å². The van der Waals surface area contributed by atoms with Crippen molar-refractivity contribution in [1.82, 2.24) is 5.32 Å². The normalized spacial score (nSPS) is 14.1. The predicted octanol–water partition coefficient (Wildman–Crippen LogP) is 5.17. The zero-order chi connectivity index (χ0) is 13.8. The Bertz CT molecular complexity index is 533. The molecule has 0 spiro atoms. The lowest BCUT2D eigenvalue weighted by Gasteiger charge is -2.21. The minimum absolute atomic E-state index is 0.312. The van der Waals surface area contributed by atoms with Gasteiger partial charge in [-0.15, -0.1) is 0 Å². The monoisotopic (exact) mass is 317 g/mol. The molecule has 19 heavy (non-hydrogen) atoms.